The number of aliphatic hydroxyl groups is 1. The molecule has 0 bridgehead atoms. The fourth-order valence-corrected chi connectivity index (χ4v) is 2.29. The van der Waals surface area contributed by atoms with Crippen molar-refractivity contribution in [1.29, 1.82) is 0 Å². The zero-order valence-corrected chi connectivity index (χ0v) is 11.6. The van der Waals surface area contributed by atoms with E-state index in [-0.39, 0.29) is 18.9 Å². The summed E-state index contributed by atoms with van der Waals surface area (Å²) < 4.78 is 34.2. The standard InChI is InChI=1S/C9H14FN4O6P/c10-3-21(17,18)19-2-5-1-6(15)9(20-5)14-4-12-8(13-14)7(11)16/h4-6,9,15H,1-3H2,(H2,11,16)(H,17,18)/t5-,6+,9+/m0/s1. The van der Waals surface area contributed by atoms with Crippen LogP contribution in [0.15, 0.2) is 6.33 Å². The molecule has 1 saturated heterocycles. The van der Waals surface area contributed by atoms with E-state index in [2.05, 4.69) is 14.6 Å². The van der Waals surface area contributed by atoms with Gasteiger partial charge in [0, 0.05) is 6.42 Å². The first-order valence-electron chi connectivity index (χ1n) is 5.89. The Morgan fingerprint density at radius 2 is 2.43 bits per heavy atom. The SMILES string of the molecule is NC(=O)c1ncn([C@@H]2O[C@H](COP(=O)(O)CF)C[C@H]2O)n1. The maximum atomic E-state index is 12.1. The molecule has 0 spiro atoms. The highest BCUT2D eigenvalue weighted by molar-refractivity contribution is 7.52. The largest absolute Gasteiger partial charge is 0.388 e. The fraction of sp³-hybridized carbons (Fsp3) is 0.667. The van der Waals surface area contributed by atoms with Crippen molar-refractivity contribution in [2.24, 2.45) is 5.73 Å². The first-order chi connectivity index (χ1) is 9.82. The molecule has 12 heteroatoms. The number of primary amides is 1. The van der Waals surface area contributed by atoms with E-state index in [0.717, 1.165) is 11.0 Å². The van der Waals surface area contributed by atoms with Crippen molar-refractivity contribution in [2.45, 2.75) is 24.9 Å². The number of ether oxygens (including phenoxy) is 1. The number of amides is 1. The van der Waals surface area contributed by atoms with Crippen molar-refractivity contribution in [3.63, 3.8) is 0 Å². The molecule has 2 rings (SSSR count). The molecule has 0 radical (unpaired) electrons. The second kappa shape index (κ2) is 6.16. The number of rotatable bonds is 6. The Kier molecular flexibility index (Phi) is 4.69. The molecule has 4 N–H and O–H groups in total. The minimum Gasteiger partial charge on any atom is -0.388 e. The maximum Gasteiger partial charge on any atom is 0.358 e. The molecule has 1 aromatic rings. The molecule has 2 heterocycles. The quantitative estimate of drug-likeness (QED) is 0.573. The van der Waals surface area contributed by atoms with Gasteiger partial charge >= 0.3 is 7.60 Å². The molecule has 10 nitrogen and oxygen atoms in total. The molecule has 1 amide bonds. The van der Waals surface area contributed by atoms with Crippen molar-refractivity contribution in [1.82, 2.24) is 14.8 Å². The average molecular weight is 324 g/mol. The normalized spacial score (nSPS) is 28.4. The summed E-state index contributed by atoms with van der Waals surface area (Å²) in [4.78, 5) is 23.5. The average Bonchev–Trinajstić information content (AvgIpc) is 3.03. The summed E-state index contributed by atoms with van der Waals surface area (Å²) in [7, 11) is -4.27. The summed E-state index contributed by atoms with van der Waals surface area (Å²) in [6.45, 7) is -0.359. The summed E-state index contributed by atoms with van der Waals surface area (Å²) in [5.74, 6) is -1.06. The van der Waals surface area contributed by atoms with Gasteiger partial charge in [0.1, 0.15) is 12.4 Å². The van der Waals surface area contributed by atoms with Crippen molar-refractivity contribution in [2.75, 3.05) is 13.0 Å². The lowest BCUT2D eigenvalue weighted by molar-refractivity contribution is -0.0554. The summed E-state index contributed by atoms with van der Waals surface area (Å²) in [5, 5.41) is 13.6. The molecule has 1 fully saturated rings. The van der Waals surface area contributed by atoms with Gasteiger partial charge < -0.3 is 25.0 Å². The van der Waals surface area contributed by atoms with Gasteiger partial charge in [-0.15, -0.1) is 5.10 Å². The van der Waals surface area contributed by atoms with Crippen LogP contribution in [0.3, 0.4) is 0 Å². The predicted molar refractivity (Wildman–Crippen MR) is 64.8 cm³/mol. The number of nitrogens with zero attached hydrogens (tertiary/aromatic N) is 3. The molecule has 1 unspecified atom stereocenters. The van der Waals surface area contributed by atoms with Crippen LogP contribution in [-0.4, -0.2) is 55.9 Å². The lowest BCUT2D eigenvalue weighted by atomic mass is 10.2. The molecular weight excluding hydrogens is 310 g/mol. The summed E-state index contributed by atoms with van der Waals surface area (Å²) in [5.41, 5.74) is 5.00. The van der Waals surface area contributed by atoms with Crippen LogP contribution in [0, 0.1) is 0 Å². The zero-order valence-electron chi connectivity index (χ0n) is 10.7. The third kappa shape index (κ3) is 3.83. The van der Waals surface area contributed by atoms with Crippen LogP contribution < -0.4 is 5.73 Å². The molecule has 118 valence electrons. The Hall–Kier alpha value is -1.39. The van der Waals surface area contributed by atoms with E-state index >= 15 is 0 Å². The van der Waals surface area contributed by atoms with E-state index < -0.39 is 38.4 Å². The van der Waals surface area contributed by atoms with Crippen LogP contribution in [0.1, 0.15) is 23.3 Å². The number of carbonyl (C=O) groups excluding carboxylic acids is 1. The Labute approximate surface area is 118 Å². The molecule has 1 aromatic heterocycles. The third-order valence-electron chi connectivity index (χ3n) is 2.77. The van der Waals surface area contributed by atoms with Crippen LogP contribution in [0.2, 0.25) is 0 Å². The van der Waals surface area contributed by atoms with Crippen molar-refractivity contribution in [3.05, 3.63) is 12.2 Å². The van der Waals surface area contributed by atoms with E-state index in [4.69, 9.17) is 15.4 Å². The lowest BCUT2D eigenvalue weighted by Crippen LogP contribution is -2.21. The number of hydrogen-bond donors (Lipinski definition) is 3. The van der Waals surface area contributed by atoms with E-state index in [1.165, 1.54) is 0 Å². The highest BCUT2D eigenvalue weighted by atomic mass is 31.2. The molecule has 1 aliphatic rings. The van der Waals surface area contributed by atoms with Gasteiger partial charge in [-0.05, 0) is 0 Å². The van der Waals surface area contributed by atoms with Crippen molar-refractivity contribution in [3.8, 4) is 0 Å². The van der Waals surface area contributed by atoms with Crippen LogP contribution >= 0.6 is 7.60 Å². The van der Waals surface area contributed by atoms with Gasteiger partial charge in [0.25, 0.3) is 5.91 Å². The van der Waals surface area contributed by atoms with Gasteiger partial charge in [-0.1, -0.05) is 0 Å². The van der Waals surface area contributed by atoms with Crippen molar-refractivity contribution < 1.29 is 33.0 Å². The molecule has 0 saturated carbocycles. The molecule has 0 aliphatic carbocycles. The monoisotopic (exact) mass is 324 g/mol. The first kappa shape index (κ1) is 16.0. The number of hydrogen-bond acceptors (Lipinski definition) is 7. The van der Waals surface area contributed by atoms with Gasteiger partial charge in [-0.3, -0.25) is 9.36 Å². The van der Waals surface area contributed by atoms with Gasteiger partial charge in [0.2, 0.25) is 5.82 Å². The number of alkyl halides is 1. The zero-order chi connectivity index (χ0) is 15.6. The van der Waals surface area contributed by atoms with Gasteiger partial charge in [-0.2, -0.15) is 0 Å². The summed E-state index contributed by atoms with van der Waals surface area (Å²) in [6, 6.07) is 0. The molecular formula is C9H14FN4O6P. The van der Waals surface area contributed by atoms with E-state index in [9.17, 15) is 18.9 Å². The minimum atomic E-state index is -4.27. The summed E-state index contributed by atoms with van der Waals surface area (Å²) in [6.07, 6.45) is -2.92. The smallest absolute Gasteiger partial charge is 0.358 e. The van der Waals surface area contributed by atoms with Crippen LogP contribution in [0.25, 0.3) is 0 Å². The van der Waals surface area contributed by atoms with Gasteiger partial charge in [-0.25, -0.2) is 14.1 Å². The molecule has 4 atom stereocenters. The topological polar surface area (TPSA) is 150 Å². The number of carbonyl (C=O) groups is 1. The number of halogens is 1. The van der Waals surface area contributed by atoms with E-state index in [0.29, 0.717) is 0 Å². The number of nitrogens with two attached hydrogens (primary N) is 1. The number of aliphatic hydroxyl groups excluding tert-OH is 1. The van der Waals surface area contributed by atoms with Gasteiger partial charge in [0.05, 0.1) is 12.7 Å². The lowest BCUT2D eigenvalue weighted by Gasteiger charge is -2.15. The summed E-state index contributed by atoms with van der Waals surface area (Å²) >= 11 is 0. The maximum absolute atomic E-state index is 12.1. The fourth-order valence-electron chi connectivity index (χ4n) is 1.82. The minimum absolute atomic E-state index is 0.0860. The van der Waals surface area contributed by atoms with Gasteiger partial charge in [0.15, 0.2) is 12.6 Å². The predicted octanol–water partition coefficient (Wildman–Crippen LogP) is -0.846. The third-order valence-corrected chi connectivity index (χ3v) is 3.62. The number of aromatic nitrogens is 3. The van der Waals surface area contributed by atoms with Crippen molar-refractivity contribution >= 4 is 13.5 Å². The second-order valence-electron chi connectivity index (χ2n) is 4.42. The van der Waals surface area contributed by atoms with Crippen LogP contribution in [0.4, 0.5) is 4.39 Å². The molecule has 21 heavy (non-hydrogen) atoms. The Balaban J connectivity index is 1.97. The Morgan fingerprint density at radius 3 is 3.00 bits per heavy atom. The second-order valence-corrected chi connectivity index (χ2v) is 6.19. The Morgan fingerprint density at radius 1 is 1.71 bits per heavy atom. The highest BCUT2D eigenvalue weighted by Crippen LogP contribution is 2.42. The first-order valence-corrected chi connectivity index (χ1v) is 7.65. The van der Waals surface area contributed by atoms with E-state index in [1.54, 1.807) is 0 Å². The van der Waals surface area contributed by atoms with E-state index in [1.807, 2.05) is 0 Å². The van der Waals surface area contributed by atoms with Crippen LogP contribution in [-0.2, 0) is 13.8 Å². The molecule has 0 aromatic carbocycles. The molecule has 1 aliphatic heterocycles. The Bertz CT molecular complexity index is 568. The highest BCUT2D eigenvalue weighted by Gasteiger charge is 2.37. The van der Waals surface area contributed by atoms with Crippen LogP contribution in [0.5, 0.6) is 0 Å².